The first-order valence-electron chi connectivity index (χ1n) is 5.14. The van der Waals surface area contributed by atoms with Crippen LogP contribution in [0, 0.1) is 0 Å². The molecule has 1 aromatic rings. The molecule has 2 rings (SSSR count). The highest BCUT2D eigenvalue weighted by Crippen LogP contribution is 2.35. The van der Waals surface area contributed by atoms with Gasteiger partial charge in [-0.3, -0.25) is 4.79 Å². The van der Waals surface area contributed by atoms with E-state index in [0.29, 0.717) is 11.0 Å². The fraction of sp³-hybridized carbons (Fsp3) is 0.545. The summed E-state index contributed by atoms with van der Waals surface area (Å²) in [7, 11) is 0. The Kier molecular flexibility index (Phi) is 4.17. The maximum atomic E-state index is 12.2. The van der Waals surface area contributed by atoms with E-state index in [1.807, 2.05) is 41.0 Å². The maximum absolute atomic E-state index is 12.2. The van der Waals surface area contributed by atoms with Crippen LogP contribution < -0.4 is 0 Å². The fourth-order valence-electron chi connectivity index (χ4n) is 1.70. The highest BCUT2D eigenvalue weighted by Gasteiger charge is 2.31. The van der Waals surface area contributed by atoms with Gasteiger partial charge in [-0.15, -0.1) is 23.1 Å². The highest BCUT2D eigenvalue weighted by atomic mass is 32.2. The number of Topliss-reactive ketones (excluding diaryl/α,β-unsaturated/α-hetero) is 1. The Morgan fingerprint density at radius 2 is 2.27 bits per heavy atom. The zero-order valence-electron chi connectivity index (χ0n) is 8.64. The van der Waals surface area contributed by atoms with Gasteiger partial charge in [-0.2, -0.15) is 11.8 Å². The summed E-state index contributed by atoms with van der Waals surface area (Å²) in [5.41, 5.74) is 0. The van der Waals surface area contributed by atoms with Crippen molar-refractivity contribution in [2.75, 3.05) is 11.5 Å². The second kappa shape index (κ2) is 5.41. The molecule has 2 heterocycles. The van der Waals surface area contributed by atoms with Gasteiger partial charge in [0.25, 0.3) is 0 Å². The lowest BCUT2D eigenvalue weighted by molar-refractivity contribution is 0.0992. The molecule has 0 aromatic carbocycles. The molecule has 15 heavy (non-hydrogen) atoms. The normalized spacial score (nSPS) is 26.5. The van der Waals surface area contributed by atoms with Crippen LogP contribution in [0.2, 0.25) is 0 Å². The molecule has 4 heteroatoms. The second-order valence-electron chi connectivity index (χ2n) is 3.45. The Bertz CT molecular complexity index is 321. The van der Waals surface area contributed by atoms with Gasteiger partial charge in [-0.25, -0.2) is 0 Å². The smallest absolute Gasteiger partial charge is 0.186 e. The number of thiophene rings is 1. The van der Waals surface area contributed by atoms with E-state index in [-0.39, 0.29) is 5.25 Å². The highest BCUT2D eigenvalue weighted by molar-refractivity contribution is 8.07. The van der Waals surface area contributed by atoms with Crippen molar-refractivity contribution in [1.82, 2.24) is 0 Å². The predicted octanol–water partition coefficient (Wildman–Crippen LogP) is 3.56. The maximum Gasteiger partial charge on any atom is 0.186 e. The third kappa shape index (κ3) is 2.60. The monoisotopic (exact) mass is 258 g/mol. The zero-order chi connectivity index (χ0) is 10.7. The van der Waals surface area contributed by atoms with Gasteiger partial charge in [0.05, 0.1) is 10.1 Å². The number of hydrogen-bond donors (Lipinski definition) is 0. The number of hydrogen-bond acceptors (Lipinski definition) is 4. The lowest BCUT2D eigenvalue weighted by Crippen LogP contribution is -2.32. The number of carbonyl (C=O) groups excluding carboxylic acids is 1. The van der Waals surface area contributed by atoms with Crippen molar-refractivity contribution >= 4 is 40.6 Å². The van der Waals surface area contributed by atoms with E-state index in [0.717, 1.165) is 17.1 Å². The minimum atomic E-state index is 0.187. The molecule has 1 aromatic heterocycles. The van der Waals surface area contributed by atoms with Gasteiger partial charge in [0.15, 0.2) is 5.78 Å². The summed E-state index contributed by atoms with van der Waals surface area (Å²) in [5.74, 6) is 2.65. The van der Waals surface area contributed by atoms with Gasteiger partial charge in [0.1, 0.15) is 0 Å². The van der Waals surface area contributed by atoms with Crippen LogP contribution in [0.1, 0.15) is 23.0 Å². The van der Waals surface area contributed by atoms with E-state index in [4.69, 9.17) is 0 Å². The van der Waals surface area contributed by atoms with E-state index in [1.54, 1.807) is 11.3 Å². The van der Waals surface area contributed by atoms with E-state index >= 15 is 0 Å². The van der Waals surface area contributed by atoms with Crippen LogP contribution in [-0.4, -0.2) is 27.8 Å². The Morgan fingerprint density at radius 1 is 1.47 bits per heavy atom. The van der Waals surface area contributed by atoms with Crippen molar-refractivity contribution in [3.05, 3.63) is 22.4 Å². The fourth-order valence-corrected chi connectivity index (χ4v) is 5.50. The predicted molar refractivity (Wildman–Crippen MR) is 71.4 cm³/mol. The molecule has 1 saturated heterocycles. The van der Waals surface area contributed by atoms with E-state index in [2.05, 4.69) is 6.92 Å². The zero-order valence-corrected chi connectivity index (χ0v) is 11.1. The van der Waals surface area contributed by atoms with Crippen LogP contribution in [0.4, 0.5) is 0 Å². The molecule has 0 spiro atoms. The summed E-state index contributed by atoms with van der Waals surface area (Å²) < 4.78 is 0. The second-order valence-corrected chi connectivity index (χ2v) is 6.99. The van der Waals surface area contributed by atoms with Crippen LogP contribution in [0.3, 0.4) is 0 Å². The minimum Gasteiger partial charge on any atom is -0.292 e. The largest absolute Gasteiger partial charge is 0.292 e. The first kappa shape index (κ1) is 11.6. The summed E-state index contributed by atoms with van der Waals surface area (Å²) in [6, 6.07) is 3.90. The Balaban J connectivity index is 2.11. The van der Waals surface area contributed by atoms with E-state index in [9.17, 15) is 4.79 Å². The summed E-state index contributed by atoms with van der Waals surface area (Å²) in [5, 5.41) is 2.68. The molecule has 0 N–H and O–H groups in total. The lowest BCUT2D eigenvalue weighted by atomic mass is 10.1. The summed E-state index contributed by atoms with van der Waals surface area (Å²) in [6.07, 6.45) is 1.10. The third-order valence-corrected chi connectivity index (χ3v) is 6.61. The van der Waals surface area contributed by atoms with Crippen LogP contribution in [0.15, 0.2) is 17.5 Å². The van der Waals surface area contributed by atoms with Crippen LogP contribution in [-0.2, 0) is 0 Å². The van der Waals surface area contributed by atoms with Crippen LogP contribution >= 0.6 is 34.9 Å². The Hall–Kier alpha value is 0.0700. The van der Waals surface area contributed by atoms with Crippen molar-refractivity contribution in [3.8, 4) is 0 Å². The molecule has 0 radical (unpaired) electrons. The molecule has 0 saturated carbocycles. The Morgan fingerprint density at radius 3 is 2.93 bits per heavy atom. The molecular weight excluding hydrogens is 244 g/mol. The average molecular weight is 258 g/mol. The van der Waals surface area contributed by atoms with Gasteiger partial charge >= 0.3 is 0 Å². The van der Waals surface area contributed by atoms with Crippen molar-refractivity contribution in [3.63, 3.8) is 0 Å². The first-order valence-corrected chi connectivity index (χ1v) is 8.11. The van der Waals surface area contributed by atoms with Gasteiger partial charge in [-0.1, -0.05) is 13.0 Å². The van der Waals surface area contributed by atoms with Crippen molar-refractivity contribution < 1.29 is 4.79 Å². The summed E-state index contributed by atoms with van der Waals surface area (Å²) in [4.78, 5) is 13.1. The van der Waals surface area contributed by atoms with Crippen LogP contribution in [0.25, 0.3) is 0 Å². The van der Waals surface area contributed by atoms with Crippen molar-refractivity contribution in [1.29, 1.82) is 0 Å². The van der Waals surface area contributed by atoms with Gasteiger partial charge in [-0.05, 0) is 17.9 Å². The number of ketones is 1. The number of thioether (sulfide) groups is 2. The van der Waals surface area contributed by atoms with Gasteiger partial charge in [0, 0.05) is 16.8 Å². The SMILES string of the molecule is CCC1SCCSC1C(=O)c1cccs1. The van der Waals surface area contributed by atoms with Crippen LogP contribution in [0.5, 0.6) is 0 Å². The molecule has 2 unspecified atom stereocenters. The van der Waals surface area contributed by atoms with E-state index in [1.165, 1.54) is 5.75 Å². The van der Waals surface area contributed by atoms with E-state index < -0.39 is 0 Å². The summed E-state index contributed by atoms with van der Waals surface area (Å²) >= 11 is 5.36. The molecule has 1 aliphatic rings. The Labute approximate surface area is 103 Å². The average Bonchev–Trinajstić information content (AvgIpc) is 2.81. The van der Waals surface area contributed by atoms with Crippen molar-refractivity contribution in [2.24, 2.45) is 0 Å². The molecule has 1 nitrogen and oxygen atoms in total. The molecule has 1 fully saturated rings. The molecule has 0 aliphatic carbocycles. The molecule has 1 aliphatic heterocycles. The quantitative estimate of drug-likeness (QED) is 0.772. The molecule has 0 bridgehead atoms. The van der Waals surface area contributed by atoms with Gasteiger partial charge < -0.3 is 0 Å². The van der Waals surface area contributed by atoms with Crippen molar-refractivity contribution in [2.45, 2.75) is 23.8 Å². The van der Waals surface area contributed by atoms with Gasteiger partial charge in [0.2, 0.25) is 0 Å². The molecule has 2 atom stereocenters. The first-order chi connectivity index (χ1) is 7.33. The molecule has 0 amide bonds. The molecular formula is C11H14OS3. The number of carbonyl (C=O) groups is 1. The minimum absolute atomic E-state index is 0.187. The lowest BCUT2D eigenvalue weighted by Gasteiger charge is -2.28. The standard InChI is InChI=1S/C11H14OS3/c1-2-8-11(15-7-6-14-8)10(12)9-4-3-5-13-9/h3-5,8,11H,2,6-7H2,1H3. The molecule has 82 valence electrons. The summed E-state index contributed by atoms with van der Waals surface area (Å²) in [6.45, 7) is 2.18. The third-order valence-electron chi connectivity index (χ3n) is 2.48. The topological polar surface area (TPSA) is 17.1 Å². The number of rotatable bonds is 3.